The van der Waals surface area contributed by atoms with Crippen LogP contribution >= 0.6 is 0 Å². The largest absolute Gasteiger partial charge is 0.530 e. The van der Waals surface area contributed by atoms with Crippen molar-refractivity contribution in [3.8, 4) is 11.1 Å². The fraction of sp³-hybridized carbons (Fsp3) is 0.259. The number of hydrogen-bond donors (Lipinski definition) is 1. The number of hydrogen-bond acceptors (Lipinski definition) is 7. The topological polar surface area (TPSA) is 142 Å². The number of pyridine rings is 1. The van der Waals surface area contributed by atoms with Gasteiger partial charge < -0.3 is 14.8 Å². The van der Waals surface area contributed by atoms with Crippen molar-refractivity contribution in [2.45, 2.75) is 42.5 Å². The van der Waals surface area contributed by atoms with Crippen LogP contribution in [0.2, 0.25) is 0 Å². The molecule has 4 aromatic rings. The molecule has 4 rings (SSSR count). The summed E-state index contributed by atoms with van der Waals surface area (Å²) in [6, 6.07) is 15.2. The quantitative estimate of drug-likeness (QED) is 0.307. The number of alkyl halides is 2. The second-order valence-electron chi connectivity index (χ2n) is 10.1. The van der Waals surface area contributed by atoms with Crippen LogP contribution in [0.1, 0.15) is 32.9 Å². The van der Waals surface area contributed by atoms with E-state index in [4.69, 9.17) is 0 Å². The SMILES string of the molecule is CC(C)(C)N(CCNS(=O)(=O)c1ccc(-c2ccnc3c2cc(C(F)F)n3S(=O)(=O)c2ccccc2)cc1)C(=O)[O-]. The molecule has 10 nitrogen and oxygen atoms in total. The van der Waals surface area contributed by atoms with Gasteiger partial charge in [-0.2, -0.15) is 0 Å². The fourth-order valence-corrected chi connectivity index (χ4v) is 6.85. The zero-order chi connectivity index (χ0) is 30.2. The summed E-state index contributed by atoms with van der Waals surface area (Å²) in [6.07, 6.45) is -3.26. The maximum absolute atomic E-state index is 14.1. The number of carbonyl (C=O) groups is 1. The van der Waals surface area contributed by atoms with Crippen molar-refractivity contribution in [2.24, 2.45) is 0 Å². The van der Waals surface area contributed by atoms with Crippen molar-refractivity contribution in [2.75, 3.05) is 13.1 Å². The standard InChI is InChI=1S/C27H28F2N4O6S2/c1-27(2,3)32(26(34)35)16-15-31-40(36,37)19-11-9-18(10-12-19)21-13-14-30-25-22(21)17-23(24(28)29)33(25)41(38,39)20-7-5-4-6-8-20/h4-14,17,24,31H,15-16H2,1-3H3,(H,34,35)/p-1. The first-order valence-corrected chi connectivity index (χ1v) is 15.2. The minimum absolute atomic E-state index is 0.111. The Kier molecular flexibility index (Phi) is 8.21. The average Bonchev–Trinajstić information content (AvgIpc) is 3.32. The zero-order valence-corrected chi connectivity index (χ0v) is 23.9. The van der Waals surface area contributed by atoms with Crippen LogP contribution in [0.25, 0.3) is 22.2 Å². The number of benzene rings is 2. The molecule has 41 heavy (non-hydrogen) atoms. The van der Waals surface area contributed by atoms with Crippen LogP contribution in [-0.2, 0) is 20.0 Å². The molecule has 0 saturated carbocycles. The number of nitrogens with zero attached hydrogens (tertiary/aromatic N) is 3. The van der Waals surface area contributed by atoms with E-state index < -0.39 is 43.8 Å². The fourth-order valence-electron chi connectivity index (χ4n) is 4.34. The van der Waals surface area contributed by atoms with Gasteiger partial charge in [-0.05, 0) is 68.3 Å². The summed E-state index contributed by atoms with van der Waals surface area (Å²) in [4.78, 5) is 16.2. The zero-order valence-electron chi connectivity index (χ0n) is 22.3. The lowest BCUT2D eigenvalue weighted by Crippen LogP contribution is -2.53. The van der Waals surface area contributed by atoms with Crippen molar-refractivity contribution < 1.29 is 35.5 Å². The summed E-state index contributed by atoms with van der Waals surface area (Å²) in [5, 5.41) is 11.5. The van der Waals surface area contributed by atoms with Crippen molar-refractivity contribution in [3.05, 3.63) is 78.6 Å². The van der Waals surface area contributed by atoms with Crippen LogP contribution in [0.4, 0.5) is 13.6 Å². The van der Waals surface area contributed by atoms with Gasteiger partial charge in [0.15, 0.2) is 5.65 Å². The van der Waals surface area contributed by atoms with Crippen LogP contribution in [0, 0.1) is 0 Å². The van der Waals surface area contributed by atoms with Gasteiger partial charge in [0.1, 0.15) is 11.8 Å². The van der Waals surface area contributed by atoms with Gasteiger partial charge >= 0.3 is 0 Å². The average molecular weight is 606 g/mol. The lowest BCUT2D eigenvalue weighted by Gasteiger charge is -2.37. The Morgan fingerprint density at radius 1 is 1.00 bits per heavy atom. The first kappa shape index (κ1) is 30.1. The maximum Gasteiger partial charge on any atom is 0.279 e. The molecule has 0 radical (unpaired) electrons. The first-order chi connectivity index (χ1) is 19.1. The highest BCUT2D eigenvalue weighted by molar-refractivity contribution is 7.90. The smallest absolute Gasteiger partial charge is 0.279 e. The number of carboxylic acid groups (broad SMARTS) is 1. The normalized spacial score (nSPS) is 12.6. The minimum Gasteiger partial charge on any atom is -0.530 e. The van der Waals surface area contributed by atoms with Crippen molar-refractivity contribution in [1.29, 1.82) is 0 Å². The van der Waals surface area contributed by atoms with Gasteiger partial charge in [0.2, 0.25) is 10.0 Å². The van der Waals surface area contributed by atoms with Gasteiger partial charge in [0, 0.05) is 30.2 Å². The third kappa shape index (κ3) is 6.09. The lowest BCUT2D eigenvalue weighted by molar-refractivity contribution is -0.270. The van der Waals surface area contributed by atoms with Crippen molar-refractivity contribution in [1.82, 2.24) is 18.6 Å². The predicted molar refractivity (Wildman–Crippen MR) is 146 cm³/mol. The molecule has 0 unspecified atom stereocenters. The Morgan fingerprint density at radius 3 is 2.20 bits per heavy atom. The third-order valence-electron chi connectivity index (χ3n) is 6.33. The molecule has 0 bridgehead atoms. The molecule has 1 N–H and O–H groups in total. The highest BCUT2D eigenvalue weighted by Crippen LogP contribution is 2.35. The van der Waals surface area contributed by atoms with Gasteiger partial charge in [0.05, 0.1) is 9.79 Å². The maximum atomic E-state index is 14.1. The van der Waals surface area contributed by atoms with E-state index in [0.29, 0.717) is 15.1 Å². The number of halogens is 2. The molecule has 2 aromatic heterocycles. The van der Waals surface area contributed by atoms with Crippen LogP contribution in [-0.4, -0.2) is 55.4 Å². The van der Waals surface area contributed by atoms with E-state index in [1.807, 2.05) is 0 Å². The summed E-state index contributed by atoms with van der Waals surface area (Å²) in [5.74, 6) is 0. The molecule has 0 aliphatic carbocycles. The number of carbonyl (C=O) groups excluding carboxylic acids is 1. The summed E-state index contributed by atoms with van der Waals surface area (Å²) in [6.45, 7) is 4.64. The molecule has 0 fully saturated rings. The summed E-state index contributed by atoms with van der Waals surface area (Å²) < 4.78 is 83.3. The van der Waals surface area contributed by atoms with Gasteiger partial charge in [-0.1, -0.05) is 30.3 Å². The number of fused-ring (bicyclic) bond motifs is 1. The van der Waals surface area contributed by atoms with E-state index >= 15 is 0 Å². The number of sulfonamides is 1. The second-order valence-corrected chi connectivity index (χ2v) is 13.6. The Labute approximate surface area is 236 Å². The van der Waals surface area contributed by atoms with E-state index in [0.717, 1.165) is 11.0 Å². The Bertz CT molecular complexity index is 1790. The Morgan fingerprint density at radius 2 is 1.63 bits per heavy atom. The molecule has 1 amide bonds. The van der Waals surface area contributed by atoms with Crippen LogP contribution < -0.4 is 9.83 Å². The first-order valence-electron chi connectivity index (χ1n) is 12.3. The van der Waals surface area contributed by atoms with E-state index in [-0.39, 0.29) is 33.9 Å². The number of rotatable bonds is 9. The highest BCUT2D eigenvalue weighted by Gasteiger charge is 2.29. The van der Waals surface area contributed by atoms with Crippen molar-refractivity contribution in [3.63, 3.8) is 0 Å². The van der Waals surface area contributed by atoms with E-state index in [9.17, 15) is 35.5 Å². The molecule has 0 aliphatic heterocycles. The Balaban J connectivity index is 1.67. The summed E-state index contributed by atoms with van der Waals surface area (Å²) >= 11 is 0. The molecule has 2 aromatic carbocycles. The van der Waals surface area contributed by atoms with E-state index in [1.54, 1.807) is 26.8 Å². The minimum atomic E-state index is -4.41. The predicted octanol–water partition coefficient (Wildman–Crippen LogP) is 3.60. The van der Waals surface area contributed by atoms with E-state index in [2.05, 4.69) is 9.71 Å². The Hall–Kier alpha value is -3.88. The molecule has 0 atom stereocenters. The van der Waals surface area contributed by atoms with Gasteiger partial charge in [-0.25, -0.2) is 39.3 Å². The van der Waals surface area contributed by atoms with Crippen LogP contribution in [0.5, 0.6) is 0 Å². The molecule has 2 heterocycles. The number of amides is 1. The number of aromatic nitrogens is 2. The van der Waals surface area contributed by atoms with Crippen molar-refractivity contribution >= 4 is 37.2 Å². The third-order valence-corrected chi connectivity index (χ3v) is 9.54. The summed E-state index contributed by atoms with van der Waals surface area (Å²) in [5.41, 5.74) is -0.942. The van der Waals surface area contributed by atoms with Gasteiger partial charge in [0.25, 0.3) is 16.4 Å². The molecule has 0 aliphatic rings. The van der Waals surface area contributed by atoms with Gasteiger partial charge in [-0.3, -0.25) is 0 Å². The number of nitrogens with one attached hydrogen (secondary N) is 1. The molecule has 14 heteroatoms. The van der Waals surface area contributed by atoms with Crippen LogP contribution in [0.3, 0.4) is 0 Å². The molecule has 0 saturated heterocycles. The molecular weight excluding hydrogens is 578 g/mol. The highest BCUT2D eigenvalue weighted by atomic mass is 32.2. The monoisotopic (exact) mass is 605 g/mol. The molecule has 218 valence electrons. The molecular formula is C27H27F2N4O6S2-. The van der Waals surface area contributed by atoms with E-state index in [1.165, 1.54) is 60.8 Å². The summed E-state index contributed by atoms with van der Waals surface area (Å²) in [7, 11) is -8.43. The second kappa shape index (κ2) is 11.2. The lowest BCUT2D eigenvalue weighted by atomic mass is 10.0. The van der Waals surface area contributed by atoms with Gasteiger partial charge in [-0.15, -0.1) is 0 Å². The van der Waals surface area contributed by atoms with Crippen LogP contribution in [0.15, 0.2) is 82.7 Å². The molecule has 0 spiro atoms.